The minimum absolute atomic E-state index is 0.00435. The van der Waals surface area contributed by atoms with E-state index in [1.807, 2.05) is 29.6 Å². The van der Waals surface area contributed by atoms with Crippen LogP contribution >= 0.6 is 11.3 Å². The number of hydrogen-bond acceptors (Lipinski definition) is 5. The first-order chi connectivity index (χ1) is 11.7. The minimum Gasteiger partial charge on any atom is -0.496 e. The summed E-state index contributed by atoms with van der Waals surface area (Å²) in [7, 11) is 1.60. The van der Waals surface area contributed by atoms with E-state index in [-0.39, 0.29) is 11.8 Å². The van der Waals surface area contributed by atoms with E-state index in [4.69, 9.17) is 4.74 Å². The molecule has 0 saturated carbocycles. The minimum atomic E-state index is -0.442. The fraction of sp³-hybridized carbons (Fsp3) is 0.353. The maximum absolute atomic E-state index is 12.5. The number of carbonyl (C=O) groups excluding carboxylic acids is 2. The molecule has 1 aliphatic heterocycles. The van der Waals surface area contributed by atoms with Gasteiger partial charge in [-0.1, -0.05) is 18.2 Å². The van der Waals surface area contributed by atoms with Crippen molar-refractivity contribution in [2.24, 2.45) is 0 Å². The van der Waals surface area contributed by atoms with Crippen molar-refractivity contribution in [3.05, 3.63) is 46.4 Å². The van der Waals surface area contributed by atoms with E-state index < -0.39 is 6.04 Å². The van der Waals surface area contributed by atoms with Gasteiger partial charge in [0.25, 0.3) is 0 Å². The summed E-state index contributed by atoms with van der Waals surface area (Å²) >= 11 is 1.49. The van der Waals surface area contributed by atoms with Crippen LogP contribution in [0.1, 0.15) is 23.4 Å². The van der Waals surface area contributed by atoms with Crippen molar-refractivity contribution >= 4 is 23.2 Å². The molecule has 1 atom stereocenters. The number of nitrogens with one attached hydrogen (secondary N) is 1. The van der Waals surface area contributed by atoms with Crippen LogP contribution < -0.4 is 10.1 Å². The monoisotopic (exact) mass is 345 g/mol. The van der Waals surface area contributed by atoms with Crippen LogP contribution in [0.5, 0.6) is 5.75 Å². The molecule has 0 aliphatic carbocycles. The Morgan fingerprint density at radius 1 is 1.46 bits per heavy atom. The third kappa shape index (κ3) is 3.56. The van der Waals surface area contributed by atoms with Crippen LogP contribution in [0, 0.1) is 0 Å². The van der Waals surface area contributed by atoms with E-state index in [1.165, 1.54) is 11.3 Å². The number of aromatic nitrogens is 1. The molecule has 1 aliphatic rings. The molecule has 2 aromatic rings. The Morgan fingerprint density at radius 3 is 3.04 bits per heavy atom. The van der Waals surface area contributed by atoms with Crippen LogP contribution in [-0.4, -0.2) is 34.8 Å². The average molecular weight is 345 g/mol. The Bertz CT molecular complexity index is 718. The number of carbonyl (C=O) groups is 2. The van der Waals surface area contributed by atoms with Crippen LogP contribution in [0.15, 0.2) is 35.8 Å². The van der Waals surface area contributed by atoms with Crippen LogP contribution in [-0.2, 0) is 22.7 Å². The van der Waals surface area contributed by atoms with Gasteiger partial charge in [-0.2, -0.15) is 0 Å². The van der Waals surface area contributed by atoms with Crippen molar-refractivity contribution < 1.29 is 14.3 Å². The van der Waals surface area contributed by atoms with Gasteiger partial charge in [-0.15, -0.1) is 11.3 Å². The zero-order valence-corrected chi connectivity index (χ0v) is 14.2. The van der Waals surface area contributed by atoms with E-state index in [9.17, 15) is 9.59 Å². The van der Waals surface area contributed by atoms with E-state index in [2.05, 4.69) is 10.3 Å². The predicted octanol–water partition coefficient (Wildman–Crippen LogP) is 1.96. The Kier molecular flexibility index (Phi) is 5.10. The second-order valence-electron chi connectivity index (χ2n) is 5.53. The molecule has 1 fully saturated rings. The fourth-order valence-electron chi connectivity index (χ4n) is 2.84. The summed E-state index contributed by atoms with van der Waals surface area (Å²) in [6.45, 7) is 0.766. The van der Waals surface area contributed by atoms with Gasteiger partial charge in [-0.25, -0.2) is 4.98 Å². The van der Waals surface area contributed by atoms with Crippen molar-refractivity contribution in [3.63, 3.8) is 0 Å². The Morgan fingerprint density at radius 2 is 2.29 bits per heavy atom. The Hall–Kier alpha value is -2.41. The average Bonchev–Trinajstić information content (AvgIpc) is 3.24. The summed E-state index contributed by atoms with van der Waals surface area (Å²) in [4.78, 5) is 30.5. The molecule has 7 heteroatoms. The van der Waals surface area contributed by atoms with Crippen LogP contribution in [0.25, 0.3) is 0 Å². The fourth-order valence-corrected chi connectivity index (χ4v) is 3.40. The number of ether oxygens (including phenoxy) is 1. The molecule has 3 rings (SSSR count). The summed E-state index contributed by atoms with van der Waals surface area (Å²) in [5, 5.41) is 5.60. The third-order valence-electron chi connectivity index (χ3n) is 4.06. The number of thiazole rings is 1. The quantitative estimate of drug-likeness (QED) is 0.869. The summed E-state index contributed by atoms with van der Waals surface area (Å²) < 4.78 is 5.34. The zero-order chi connectivity index (χ0) is 16.9. The molecule has 1 N–H and O–H groups in total. The summed E-state index contributed by atoms with van der Waals surface area (Å²) in [6.07, 6.45) is 2.64. The largest absolute Gasteiger partial charge is 0.496 e. The first-order valence-electron chi connectivity index (χ1n) is 7.76. The molecule has 2 heterocycles. The van der Waals surface area contributed by atoms with Crippen molar-refractivity contribution in [2.45, 2.75) is 32.0 Å². The van der Waals surface area contributed by atoms with Crippen LogP contribution in [0.4, 0.5) is 0 Å². The molecular formula is C17H19N3O3S. The van der Waals surface area contributed by atoms with E-state index in [0.29, 0.717) is 25.9 Å². The van der Waals surface area contributed by atoms with Gasteiger partial charge < -0.3 is 15.0 Å². The molecule has 0 unspecified atom stereocenters. The normalized spacial score (nSPS) is 17.1. The summed E-state index contributed by atoms with van der Waals surface area (Å²) in [5.74, 6) is 0.584. The van der Waals surface area contributed by atoms with Crippen LogP contribution in [0.3, 0.4) is 0 Å². The molecule has 24 heavy (non-hydrogen) atoms. The number of benzene rings is 1. The molecule has 0 bridgehead atoms. The molecule has 126 valence electrons. The van der Waals surface area contributed by atoms with Gasteiger partial charge in [0.15, 0.2) is 0 Å². The third-order valence-corrected chi connectivity index (χ3v) is 4.84. The van der Waals surface area contributed by atoms with E-state index >= 15 is 0 Å². The zero-order valence-electron chi connectivity index (χ0n) is 13.4. The Balaban J connectivity index is 1.68. The number of likely N-dealkylation sites (tertiary alicyclic amines) is 1. The number of hydrogen-bond donors (Lipinski definition) is 1. The SMILES string of the molecule is COc1ccccc1CN1C(=O)CC[C@H]1C(=O)NCc1nccs1. The van der Waals surface area contributed by atoms with Crippen molar-refractivity contribution in [1.82, 2.24) is 15.2 Å². The molecule has 0 spiro atoms. The van der Waals surface area contributed by atoms with Gasteiger partial charge in [0.05, 0.1) is 20.2 Å². The molecule has 1 aromatic heterocycles. The number of amides is 2. The molecule has 1 aromatic carbocycles. The molecule has 2 amide bonds. The van der Waals surface area contributed by atoms with Gasteiger partial charge in [0.1, 0.15) is 16.8 Å². The van der Waals surface area contributed by atoms with Crippen molar-refractivity contribution in [2.75, 3.05) is 7.11 Å². The van der Waals surface area contributed by atoms with Crippen LogP contribution in [0.2, 0.25) is 0 Å². The summed E-state index contributed by atoms with van der Waals surface area (Å²) in [5.41, 5.74) is 0.896. The predicted molar refractivity (Wildman–Crippen MR) is 90.5 cm³/mol. The lowest BCUT2D eigenvalue weighted by Crippen LogP contribution is -2.44. The standard InChI is InChI=1S/C17H19N3O3S/c1-23-14-5-3-2-4-12(14)11-20-13(6-7-16(20)21)17(22)19-10-15-18-8-9-24-15/h2-5,8-9,13H,6-7,10-11H2,1H3,(H,19,22)/t13-/m0/s1. The first-order valence-corrected chi connectivity index (χ1v) is 8.64. The van der Waals surface area contributed by atoms with E-state index in [0.717, 1.165) is 16.3 Å². The maximum atomic E-state index is 12.5. The van der Waals surface area contributed by atoms with Gasteiger partial charge in [0, 0.05) is 23.6 Å². The molecule has 0 radical (unpaired) electrons. The number of para-hydroxylation sites is 1. The van der Waals surface area contributed by atoms with Crippen molar-refractivity contribution in [1.29, 1.82) is 0 Å². The van der Waals surface area contributed by atoms with Gasteiger partial charge in [-0.3, -0.25) is 9.59 Å². The highest BCUT2D eigenvalue weighted by Gasteiger charge is 2.36. The Labute approximate surface area is 144 Å². The maximum Gasteiger partial charge on any atom is 0.243 e. The summed E-state index contributed by atoms with van der Waals surface area (Å²) in [6, 6.07) is 7.10. The lowest BCUT2D eigenvalue weighted by molar-refractivity contribution is -0.135. The van der Waals surface area contributed by atoms with Gasteiger partial charge >= 0.3 is 0 Å². The highest BCUT2D eigenvalue weighted by Crippen LogP contribution is 2.26. The van der Waals surface area contributed by atoms with E-state index in [1.54, 1.807) is 18.2 Å². The van der Waals surface area contributed by atoms with Gasteiger partial charge in [-0.05, 0) is 12.5 Å². The highest BCUT2D eigenvalue weighted by molar-refractivity contribution is 7.09. The second kappa shape index (κ2) is 7.44. The second-order valence-corrected chi connectivity index (χ2v) is 6.51. The first kappa shape index (κ1) is 16.4. The lowest BCUT2D eigenvalue weighted by atomic mass is 10.1. The highest BCUT2D eigenvalue weighted by atomic mass is 32.1. The van der Waals surface area contributed by atoms with Crippen molar-refractivity contribution in [3.8, 4) is 5.75 Å². The van der Waals surface area contributed by atoms with Gasteiger partial charge in [0.2, 0.25) is 11.8 Å². The molecular weight excluding hydrogens is 326 g/mol. The topological polar surface area (TPSA) is 71.5 Å². The lowest BCUT2D eigenvalue weighted by Gasteiger charge is -2.24. The smallest absolute Gasteiger partial charge is 0.243 e. The molecule has 6 nitrogen and oxygen atoms in total. The number of nitrogens with zero attached hydrogens (tertiary/aromatic N) is 2. The number of methoxy groups -OCH3 is 1. The molecule has 1 saturated heterocycles. The number of rotatable bonds is 6.